The van der Waals surface area contributed by atoms with Crippen molar-refractivity contribution < 1.29 is 4.79 Å². The minimum absolute atomic E-state index is 0.151. The first-order valence-corrected chi connectivity index (χ1v) is 12.3. The number of anilines is 1. The van der Waals surface area contributed by atoms with Crippen LogP contribution in [0.2, 0.25) is 10.0 Å². The van der Waals surface area contributed by atoms with Crippen LogP contribution in [-0.4, -0.2) is 20.8 Å². The molecule has 0 atom stereocenters. The number of hydrogen-bond acceptors (Lipinski definition) is 4. The number of benzene rings is 3. The molecular formula is C25H23Cl2N5OS. The molecule has 6 nitrogen and oxygen atoms in total. The van der Waals surface area contributed by atoms with E-state index in [0.717, 1.165) is 5.56 Å². The van der Waals surface area contributed by atoms with Gasteiger partial charge in [0.1, 0.15) is 0 Å². The number of aryl methyl sites for hydroxylation is 2. The highest BCUT2D eigenvalue weighted by Gasteiger charge is 2.18. The number of halogens is 2. The van der Waals surface area contributed by atoms with Crippen molar-refractivity contribution in [3.8, 4) is 5.69 Å². The molecular weight excluding hydrogens is 489 g/mol. The Kier molecular flexibility index (Phi) is 7.77. The number of urea groups is 1. The van der Waals surface area contributed by atoms with Crippen LogP contribution >= 0.6 is 35.0 Å². The molecule has 4 aromatic rings. The van der Waals surface area contributed by atoms with Crippen LogP contribution in [0.3, 0.4) is 0 Å². The van der Waals surface area contributed by atoms with Crippen molar-refractivity contribution in [1.82, 2.24) is 20.1 Å². The van der Waals surface area contributed by atoms with Gasteiger partial charge in [0, 0.05) is 16.5 Å². The number of amides is 2. The molecule has 9 heteroatoms. The molecule has 1 heterocycles. The van der Waals surface area contributed by atoms with Crippen molar-refractivity contribution in [2.24, 2.45) is 0 Å². The summed E-state index contributed by atoms with van der Waals surface area (Å²) in [6, 6.07) is 20.7. The molecule has 0 unspecified atom stereocenters. The van der Waals surface area contributed by atoms with Crippen molar-refractivity contribution in [2.45, 2.75) is 31.3 Å². The Morgan fingerprint density at radius 1 is 1.00 bits per heavy atom. The summed E-state index contributed by atoms with van der Waals surface area (Å²) in [5, 5.41) is 16.1. The van der Waals surface area contributed by atoms with Gasteiger partial charge in [0.2, 0.25) is 0 Å². The van der Waals surface area contributed by atoms with Crippen LogP contribution in [0.1, 0.15) is 22.5 Å². The van der Waals surface area contributed by atoms with E-state index in [1.165, 1.54) is 11.1 Å². The molecule has 0 aliphatic rings. The normalized spacial score (nSPS) is 10.8. The van der Waals surface area contributed by atoms with E-state index in [9.17, 15) is 4.79 Å². The number of nitrogens with zero attached hydrogens (tertiary/aromatic N) is 3. The van der Waals surface area contributed by atoms with Gasteiger partial charge in [0.05, 0.1) is 17.3 Å². The lowest BCUT2D eigenvalue weighted by molar-refractivity contribution is 0.251. The maximum absolute atomic E-state index is 12.5. The van der Waals surface area contributed by atoms with Gasteiger partial charge >= 0.3 is 6.03 Å². The van der Waals surface area contributed by atoms with Crippen LogP contribution < -0.4 is 10.6 Å². The molecule has 2 N–H and O–H groups in total. The summed E-state index contributed by atoms with van der Waals surface area (Å²) >= 11 is 14.3. The zero-order valence-electron chi connectivity index (χ0n) is 18.7. The molecule has 0 saturated carbocycles. The van der Waals surface area contributed by atoms with E-state index in [4.69, 9.17) is 23.2 Å². The molecule has 3 aromatic carbocycles. The molecule has 2 amide bonds. The molecule has 34 heavy (non-hydrogen) atoms. The second kappa shape index (κ2) is 11.0. The molecule has 174 valence electrons. The number of carbonyl (C=O) groups excluding carboxylic acids is 1. The Bertz CT molecular complexity index is 1310. The highest BCUT2D eigenvalue weighted by molar-refractivity contribution is 7.98. The third-order valence-electron chi connectivity index (χ3n) is 5.18. The van der Waals surface area contributed by atoms with Crippen molar-refractivity contribution >= 4 is 46.7 Å². The predicted octanol–water partition coefficient (Wildman–Crippen LogP) is 6.80. The lowest BCUT2D eigenvalue weighted by Gasteiger charge is -2.13. The topological polar surface area (TPSA) is 71.8 Å². The van der Waals surface area contributed by atoms with Gasteiger partial charge in [-0.25, -0.2) is 4.79 Å². The van der Waals surface area contributed by atoms with E-state index in [-0.39, 0.29) is 12.6 Å². The molecule has 0 aliphatic heterocycles. The summed E-state index contributed by atoms with van der Waals surface area (Å²) in [4.78, 5) is 12.5. The lowest BCUT2D eigenvalue weighted by Crippen LogP contribution is -2.29. The Labute approximate surface area is 212 Å². The summed E-state index contributed by atoms with van der Waals surface area (Å²) < 4.78 is 1.84. The average molecular weight is 512 g/mol. The van der Waals surface area contributed by atoms with Gasteiger partial charge in [0.25, 0.3) is 0 Å². The number of thioether (sulfide) groups is 1. The Morgan fingerprint density at radius 3 is 2.53 bits per heavy atom. The summed E-state index contributed by atoms with van der Waals surface area (Å²) in [6.45, 7) is 4.22. The zero-order valence-corrected chi connectivity index (χ0v) is 21.0. The number of nitrogens with one attached hydrogen (secondary N) is 2. The first-order valence-electron chi connectivity index (χ1n) is 10.6. The number of carbonyl (C=O) groups is 1. The van der Waals surface area contributed by atoms with Gasteiger partial charge in [-0.15, -0.1) is 10.2 Å². The third kappa shape index (κ3) is 5.91. The number of rotatable bonds is 7. The first kappa shape index (κ1) is 24.1. The SMILES string of the molecule is Cc1ccc(NC(=O)NCc2nnc(SCc3ccccc3C)n2-c2cc(Cl)ccc2Cl)cc1. The van der Waals surface area contributed by atoms with Crippen molar-refractivity contribution in [1.29, 1.82) is 0 Å². The van der Waals surface area contributed by atoms with Crippen LogP contribution in [0.5, 0.6) is 0 Å². The molecule has 1 aromatic heterocycles. The third-order valence-corrected chi connectivity index (χ3v) is 6.72. The van der Waals surface area contributed by atoms with E-state index in [1.54, 1.807) is 30.0 Å². The quantitative estimate of drug-likeness (QED) is 0.267. The monoisotopic (exact) mass is 511 g/mol. The highest BCUT2D eigenvalue weighted by atomic mass is 35.5. The highest BCUT2D eigenvalue weighted by Crippen LogP contribution is 2.31. The van der Waals surface area contributed by atoms with Gasteiger partial charge < -0.3 is 10.6 Å². The van der Waals surface area contributed by atoms with E-state index >= 15 is 0 Å². The van der Waals surface area contributed by atoms with E-state index in [0.29, 0.717) is 38.2 Å². The van der Waals surface area contributed by atoms with E-state index < -0.39 is 0 Å². The van der Waals surface area contributed by atoms with E-state index in [2.05, 4.69) is 39.9 Å². The molecule has 0 radical (unpaired) electrons. The lowest BCUT2D eigenvalue weighted by atomic mass is 10.1. The largest absolute Gasteiger partial charge is 0.331 e. The molecule has 4 rings (SSSR count). The van der Waals surface area contributed by atoms with Gasteiger partial charge in [-0.1, -0.05) is 76.9 Å². The standard InChI is InChI=1S/C25H23Cl2N5OS/c1-16-7-10-20(11-8-16)29-24(33)28-14-23-30-31-25(34-15-18-6-4-3-5-17(18)2)32(23)22-13-19(26)9-12-21(22)27/h3-13H,14-15H2,1-2H3,(H2,28,29,33). The van der Waals surface area contributed by atoms with Crippen LogP contribution in [-0.2, 0) is 12.3 Å². The minimum atomic E-state index is -0.343. The summed E-state index contributed by atoms with van der Waals surface area (Å²) in [6.07, 6.45) is 0. The summed E-state index contributed by atoms with van der Waals surface area (Å²) in [5.41, 5.74) is 4.89. The van der Waals surface area contributed by atoms with Crippen molar-refractivity contribution in [2.75, 3.05) is 5.32 Å². The van der Waals surface area contributed by atoms with Crippen molar-refractivity contribution in [3.05, 3.63) is 99.3 Å². The van der Waals surface area contributed by atoms with Gasteiger partial charge in [0.15, 0.2) is 11.0 Å². The summed E-state index contributed by atoms with van der Waals surface area (Å²) in [7, 11) is 0. The summed E-state index contributed by atoms with van der Waals surface area (Å²) in [5.74, 6) is 1.25. The predicted molar refractivity (Wildman–Crippen MR) is 139 cm³/mol. The molecule has 0 spiro atoms. The Morgan fingerprint density at radius 2 is 1.76 bits per heavy atom. The fourth-order valence-corrected chi connectivity index (χ4v) is 4.70. The minimum Gasteiger partial charge on any atom is -0.331 e. The first-order chi connectivity index (χ1) is 16.4. The average Bonchev–Trinajstić information content (AvgIpc) is 3.23. The van der Waals surface area contributed by atoms with Crippen LogP contribution in [0.4, 0.5) is 10.5 Å². The number of aromatic nitrogens is 3. The maximum atomic E-state index is 12.5. The molecule has 0 fully saturated rings. The van der Waals surface area contributed by atoms with Crippen LogP contribution in [0, 0.1) is 13.8 Å². The fourth-order valence-electron chi connectivity index (χ4n) is 3.29. The van der Waals surface area contributed by atoms with Gasteiger partial charge in [-0.05, 0) is 55.3 Å². The molecule has 0 saturated heterocycles. The smallest absolute Gasteiger partial charge is 0.319 e. The zero-order chi connectivity index (χ0) is 24.1. The Hall–Kier alpha value is -3.00. The van der Waals surface area contributed by atoms with Crippen molar-refractivity contribution in [3.63, 3.8) is 0 Å². The van der Waals surface area contributed by atoms with Gasteiger partial charge in [-0.3, -0.25) is 4.57 Å². The van der Waals surface area contributed by atoms with Gasteiger partial charge in [-0.2, -0.15) is 0 Å². The fraction of sp³-hybridized carbons (Fsp3) is 0.160. The second-order valence-corrected chi connectivity index (χ2v) is 9.50. The van der Waals surface area contributed by atoms with Crippen LogP contribution in [0.15, 0.2) is 71.9 Å². The second-order valence-electron chi connectivity index (χ2n) is 7.72. The Balaban J connectivity index is 1.56. The van der Waals surface area contributed by atoms with Crippen LogP contribution in [0.25, 0.3) is 5.69 Å². The maximum Gasteiger partial charge on any atom is 0.319 e. The molecule has 0 aliphatic carbocycles. The number of hydrogen-bond donors (Lipinski definition) is 2. The van der Waals surface area contributed by atoms with E-state index in [1.807, 2.05) is 47.9 Å². The molecule has 0 bridgehead atoms.